The van der Waals surface area contributed by atoms with E-state index in [4.69, 9.17) is 9.78 Å². The molecule has 0 bridgehead atoms. The molecule has 0 fully saturated rings. The summed E-state index contributed by atoms with van der Waals surface area (Å²) in [6, 6.07) is 14.6. The van der Waals surface area contributed by atoms with Crippen LogP contribution >= 0.6 is 0 Å². The molecular formula is C16H14N4O. The Kier molecular flexibility index (Phi) is 4.78. The summed E-state index contributed by atoms with van der Waals surface area (Å²) >= 11 is 0. The Balaban J connectivity index is 0.000000774. The summed E-state index contributed by atoms with van der Waals surface area (Å²) in [7, 11) is 0. The molecule has 0 N–H and O–H groups in total. The quantitative estimate of drug-likeness (QED) is 0.714. The minimum absolute atomic E-state index is 0.373. The Morgan fingerprint density at radius 3 is 2.67 bits per heavy atom. The highest BCUT2D eigenvalue weighted by atomic mass is 16.5. The van der Waals surface area contributed by atoms with Crippen LogP contribution in [0.15, 0.2) is 53.2 Å². The molecule has 2 aromatic heterocycles. The van der Waals surface area contributed by atoms with Crippen LogP contribution in [0.2, 0.25) is 0 Å². The van der Waals surface area contributed by atoms with Gasteiger partial charge in [0.25, 0.3) is 5.89 Å². The predicted octanol–water partition coefficient (Wildman–Crippen LogP) is 3.70. The molecule has 5 nitrogen and oxygen atoms in total. The number of hydrogen-bond acceptors (Lipinski definition) is 5. The maximum atomic E-state index is 8.87. The number of nitrogens with zero attached hydrogens (tertiary/aromatic N) is 4. The van der Waals surface area contributed by atoms with Crippen molar-refractivity contribution in [2.24, 2.45) is 0 Å². The summed E-state index contributed by atoms with van der Waals surface area (Å²) in [4.78, 5) is 8.43. The van der Waals surface area contributed by atoms with Gasteiger partial charge in [-0.2, -0.15) is 10.2 Å². The van der Waals surface area contributed by atoms with Crippen LogP contribution in [0.4, 0.5) is 0 Å². The molecule has 3 aromatic rings. The van der Waals surface area contributed by atoms with Gasteiger partial charge in [-0.15, -0.1) is 0 Å². The molecule has 3 rings (SSSR count). The first-order valence-electron chi connectivity index (χ1n) is 6.62. The van der Waals surface area contributed by atoms with Crippen molar-refractivity contribution in [3.8, 4) is 29.0 Å². The van der Waals surface area contributed by atoms with Crippen LogP contribution in [-0.4, -0.2) is 15.1 Å². The molecule has 0 spiro atoms. The standard InChI is InChI=1S/C14H8N4O.C2H6/c15-9-10-4-3-5-11(8-10)14-17-13(18-19-14)12-6-1-2-7-16-12;1-2/h1-8H;1-2H3. The molecule has 21 heavy (non-hydrogen) atoms. The van der Waals surface area contributed by atoms with E-state index in [-0.39, 0.29) is 0 Å². The molecule has 0 saturated heterocycles. The van der Waals surface area contributed by atoms with Gasteiger partial charge in [0, 0.05) is 11.8 Å². The van der Waals surface area contributed by atoms with Crippen LogP contribution in [0.3, 0.4) is 0 Å². The fourth-order valence-corrected chi connectivity index (χ4v) is 1.66. The Labute approximate surface area is 122 Å². The molecule has 0 amide bonds. The van der Waals surface area contributed by atoms with E-state index in [9.17, 15) is 0 Å². The zero-order chi connectivity index (χ0) is 15.1. The van der Waals surface area contributed by atoms with Gasteiger partial charge in [-0.05, 0) is 30.3 Å². The average Bonchev–Trinajstić information content (AvgIpc) is 3.08. The van der Waals surface area contributed by atoms with Crippen LogP contribution < -0.4 is 0 Å². The van der Waals surface area contributed by atoms with Gasteiger partial charge in [0.2, 0.25) is 5.82 Å². The predicted molar refractivity (Wildman–Crippen MR) is 79.0 cm³/mol. The van der Waals surface area contributed by atoms with Gasteiger partial charge in [0.15, 0.2) is 0 Å². The van der Waals surface area contributed by atoms with Crippen molar-refractivity contribution < 1.29 is 4.52 Å². The van der Waals surface area contributed by atoms with Crippen molar-refractivity contribution in [1.29, 1.82) is 5.26 Å². The van der Waals surface area contributed by atoms with Crippen LogP contribution in [0.25, 0.3) is 23.0 Å². The Bertz CT molecular complexity index is 744. The number of pyridine rings is 1. The van der Waals surface area contributed by atoms with Crippen molar-refractivity contribution in [2.45, 2.75) is 13.8 Å². The normalized spacial score (nSPS) is 9.38. The lowest BCUT2D eigenvalue weighted by Crippen LogP contribution is -1.84. The lowest BCUT2D eigenvalue weighted by molar-refractivity contribution is 0.432. The third-order valence-corrected chi connectivity index (χ3v) is 2.56. The minimum Gasteiger partial charge on any atom is -0.334 e. The van der Waals surface area contributed by atoms with Crippen LogP contribution in [0.5, 0.6) is 0 Å². The Morgan fingerprint density at radius 1 is 1.10 bits per heavy atom. The molecule has 0 radical (unpaired) electrons. The monoisotopic (exact) mass is 278 g/mol. The van der Waals surface area contributed by atoms with Crippen LogP contribution in [0, 0.1) is 11.3 Å². The van der Waals surface area contributed by atoms with E-state index in [0.717, 1.165) is 0 Å². The zero-order valence-electron chi connectivity index (χ0n) is 11.8. The summed E-state index contributed by atoms with van der Waals surface area (Å²) in [6.07, 6.45) is 1.67. The summed E-state index contributed by atoms with van der Waals surface area (Å²) in [5.74, 6) is 0.802. The smallest absolute Gasteiger partial charge is 0.258 e. The molecule has 1 aromatic carbocycles. The van der Waals surface area contributed by atoms with Gasteiger partial charge in [-0.1, -0.05) is 31.1 Å². The fraction of sp³-hybridized carbons (Fsp3) is 0.125. The maximum Gasteiger partial charge on any atom is 0.258 e. The highest BCUT2D eigenvalue weighted by Gasteiger charge is 2.11. The van der Waals surface area contributed by atoms with Gasteiger partial charge in [0.05, 0.1) is 11.6 Å². The second-order valence-corrected chi connectivity index (χ2v) is 3.83. The molecule has 2 heterocycles. The lowest BCUT2D eigenvalue weighted by atomic mass is 10.1. The van der Waals surface area contributed by atoms with Crippen molar-refractivity contribution in [3.63, 3.8) is 0 Å². The van der Waals surface area contributed by atoms with E-state index in [1.807, 2.05) is 32.0 Å². The maximum absolute atomic E-state index is 8.87. The Hall–Kier alpha value is -3.00. The zero-order valence-corrected chi connectivity index (χ0v) is 11.8. The molecule has 0 aliphatic rings. The summed E-state index contributed by atoms with van der Waals surface area (Å²) in [5.41, 5.74) is 1.91. The van der Waals surface area contributed by atoms with Crippen LogP contribution in [0.1, 0.15) is 19.4 Å². The van der Waals surface area contributed by atoms with Crippen molar-refractivity contribution >= 4 is 0 Å². The second kappa shape index (κ2) is 6.96. The second-order valence-electron chi connectivity index (χ2n) is 3.83. The molecule has 5 heteroatoms. The topological polar surface area (TPSA) is 75.6 Å². The van der Waals surface area contributed by atoms with E-state index in [1.165, 1.54) is 0 Å². The molecule has 0 aliphatic carbocycles. The number of benzene rings is 1. The largest absolute Gasteiger partial charge is 0.334 e. The van der Waals surface area contributed by atoms with Gasteiger partial charge in [-0.25, -0.2) is 0 Å². The molecule has 0 aliphatic heterocycles. The van der Waals surface area contributed by atoms with Crippen molar-refractivity contribution in [3.05, 3.63) is 54.2 Å². The molecule has 0 atom stereocenters. The highest BCUT2D eigenvalue weighted by Crippen LogP contribution is 2.21. The first kappa shape index (κ1) is 14.4. The van der Waals surface area contributed by atoms with Crippen molar-refractivity contribution in [2.75, 3.05) is 0 Å². The SMILES string of the molecule is CC.N#Cc1cccc(-c2nc(-c3ccccn3)no2)c1. The molecular weight excluding hydrogens is 264 g/mol. The third-order valence-electron chi connectivity index (χ3n) is 2.56. The van der Waals surface area contributed by atoms with Gasteiger partial charge in [-0.3, -0.25) is 4.98 Å². The summed E-state index contributed by atoms with van der Waals surface area (Å²) in [5, 5.41) is 12.8. The van der Waals surface area contributed by atoms with Gasteiger partial charge >= 0.3 is 0 Å². The molecule has 0 saturated carbocycles. The number of rotatable bonds is 2. The summed E-state index contributed by atoms with van der Waals surface area (Å²) in [6.45, 7) is 4.00. The first-order chi connectivity index (χ1) is 10.4. The van der Waals surface area contributed by atoms with E-state index < -0.39 is 0 Å². The average molecular weight is 278 g/mol. The summed E-state index contributed by atoms with van der Waals surface area (Å²) < 4.78 is 5.19. The minimum atomic E-state index is 0.373. The van der Waals surface area contributed by atoms with Crippen molar-refractivity contribution in [1.82, 2.24) is 15.1 Å². The molecule has 104 valence electrons. The van der Waals surface area contributed by atoms with E-state index in [1.54, 1.807) is 30.5 Å². The fourth-order valence-electron chi connectivity index (χ4n) is 1.66. The number of nitriles is 1. The first-order valence-corrected chi connectivity index (χ1v) is 6.62. The van der Waals surface area contributed by atoms with E-state index >= 15 is 0 Å². The third kappa shape index (κ3) is 3.31. The van der Waals surface area contributed by atoms with E-state index in [2.05, 4.69) is 21.2 Å². The lowest BCUT2D eigenvalue weighted by Gasteiger charge is -1.93. The molecule has 0 unspecified atom stereocenters. The van der Waals surface area contributed by atoms with E-state index in [0.29, 0.717) is 28.5 Å². The number of hydrogen-bond donors (Lipinski definition) is 0. The van der Waals surface area contributed by atoms with Gasteiger partial charge in [0.1, 0.15) is 5.69 Å². The highest BCUT2D eigenvalue weighted by molar-refractivity contribution is 5.59. The van der Waals surface area contributed by atoms with Crippen LogP contribution in [-0.2, 0) is 0 Å². The number of aromatic nitrogens is 3. The Morgan fingerprint density at radius 2 is 1.95 bits per heavy atom. The van der Waals surface area contributed by atoms with Gasteiger partial charge < -0.3 is 4.52 Å².